The SMILES string of the molecule is CO[C@H]1C(=O)[C@]2(C)CC[C@H]3OC[C@@]3(OC(C)=O)[C@H]2[C@H](OC(O)c2ccccc2)[C@]2(O)C[C@H](OC(=O)[C@H](O)[C@@H](NC(=O)OC(C)(C)C)c3ccccc3)C(C)=C1C2(C)C. The van der Waals surface area contributed by atoms with Crippen molar-refractivity contribution in [1.29, 1.82) is 0 Å². The molecule has 1 heterocycles. The lowest BCUT2D eigenvalue weighted by Crippen LogP contribution is -2.79. The molecule has 316 valence electrons. The number of nitrogens with one attached hydrogen (secondary N) is 1. The molecular formula is C44H57NO13. The first kappa shape index (κ1) is 43.4. The van der Waals surface area contributed by atoms with Gasteiger partial charge >= 0.3 is 18.0 Å². The second-order valence-corrected chi connectivity index (χ2v) is 17.8. The average Bonchev–Trinajstić information content (AvgIpc) is 3.15. The van der Waals surface area contributed by atoms with Crippen molar-refractivity contribution in [2.24, 2.45) is 16.7 Å². The Balaban J connectivity index is 1.48. The number of hydrogen-bond acceptors (Lipinski definition) is 13. The van der Waals surface area contributed by atoms with Gasteiger partial charge in [-0.25, -0.2) is 9.59 Å². The van der Waals surface area contributed by atoms with E-state index < -0.39 is 94.4 Å². The fourth-order valence-corrected chi connectivity index (χ4v) is 9.87. The molecule has 2 aromatic rings. The summed E-state index contributed by atoms with van der Waals surface area (Å²) in [6, 6.07) is 15.6. The maximum atomic E-state index is 15.3. The van der Waals surface area contributed by atoms with E-state index in [1.807, 2.05) is 0 Å². The number of benzene rings is 2. The monoisotopic (exact) mass is 807 g/mol. The number of ketones is 1. The Morgan fingerprint density at radius 3 is 2.10 bits per heavy atom. The van der Waals surface area contributed by atoms with Crippen LogP contribution in [0.15, 0.2) is 71.8 Å². The van der Waals surface area contributed by atoms with Gasteiger partial charge in [0.25, 0.3) is 0 Å². The molecule has 6 rings (SSSR count). The molecule has 4 N–H and O–H groups in total. The van der Waals surface area contributed by atoms with Crippen LogP contribution in [-0.2, 0) is 42.8 Å². The van der Waals surface area contributed by atoms with E-state index in [1.165, 1.54) is 14.0 Å². The quantitative estimate of drug-likeness (QED) is 0.111. The van der Waals surface area contributed by atoms with Gasteiger partial charge in [-0.1, -0.05) is 81.4 Å². The van der Waals surface area contributed by atoms with Crippen LogP contribution in [0.5, 0.6) is 0 Å². The van der Waals surface area contributed by atoms with Crippen molar-refractivity contribution >= 4 is 23.8 Å². The molecule has 1 amide bonds. The van der Waals surface area contributed by atoms with Crippen LogP contribution in [0.4, 0.5) is 4.79 Å². The van der Waals surface area contributed by atoms with E-state index >= 15 is 4.79 Å². The Kier molecular flexibility index (Phi) is 11.8. The molecule has 58 heavy (non-hydrogen) atoms. The topological polar surface area (TPSA) is 196 Å². The lowest BCUT2D eigenvalue weighted by molar-refractivity contribution is -0.350. The summed E-state index contributed by atoms with van der Waals surface area (Å²) in [5.74, 6) is -3.24. The van der Waals surface area contributed by atoms with E-state index in [2.05, 4.69) is 5.32 Å². The Bertz CT molecular complexity index is 1910. The van der Waals surface area contributed by atoms with Gasteiger partial charge in [-0.15, -0.1) is 0 Å². The molecular weight excluding hydrogens is 750 g/mol. The van der Waals surface area contributed by atoms with Gasteiger partial charge in [0, 0.05) is 42.8 Å². The highest BCUT2D eigenvalue weighted by atomic mass is 16.6. The zero-order valence-corrected chi connectivity index (χ0v) is 34.6. The number of methoxy groups -OCH3 is 1. The van der Waals surface area contributed by atoms with Crippen molar-refractivity contribution in [3.63, 3.8) is 0 Å². The third kappa shape index (κ3) is 7.47. The highest BCUT2D eigenvalue weighted by molar-refractivity contribution is 5.93. The molecule has 4 aliphatic rings. The Morgan fingerprint density at radius 2 is 1.57 bits per heavy atom. The normalized spacial score (nSPS) is 33.1. The maximum absolute atomic E-state index is 15.3. The Labute approximate surface area is 339 Å². The Morgan fingerprint density at radius 1 is 0.966 bits per heavy atom. The van der Waals surface area contributed by atoms with Gasteiger partial charge in [0.15, 0.2) is 23.8 Å². The molecule has 14 heteroatoms. The molecule has 0 aromatic heterocycles. The first-order valence-electron chi connectivity index (χ1n) is 19.7. The number of Topliss-reactive ketones (excluding diaryl/α,β-unsaturated/α-hetero) is 1. The number of carbonyl (C=O) groups excluding carboxylic acids is 4. The molecule has 2 bridgehead atoms. The third-order valence-electron chi connectivity index (χ3n) is 12.8. The second-order valence-electron chi connectivity index (χ2n) is 17.8. The predicted octanol–water partition coefficient (Wildman–Crippen LogP) is 4.79. The molecule has 2 saturated carbocycles. The highest BCUT2D eigenvalue weighted by Gasteiger charge is 2.75. The van der Waals surface area contributed by atoms with Crippen molar-refractivity contribution in [2.75, 3.05) is 13.7 Å². The number of aliphatic hydroxyl groups is 3. The van der Waals surface area contributed by atoms with Crippen molar-refractivity contribution in [3.05, 3.63) is 82.9 Å². The lowest BCUT2D eigenvalue weighted by Gasteiger charge is -2.67. The number of rotatable bonds is 10. The standard InChI is InChI=1S/C44H57NO13/c1-24-28(55-38(50)32(47)31(26-16-12-10-13-17-26)45-39(51)58-40(3,4)5)22-44(52)36(56-37(49)27-18-14-11-15-19-27)34-42(8,35(48)33(53-9)30(24)41(44,6)7)21-20-29-43(34,23-54-29)57-25(2)46/h10-19,28-29,31-34,36-37,47,49,52H,20-23H2,1-9H3,(H,45,51)/t28-,29+,31-,32+,33+,34-,36-,37?,42+,43-,44+/m0/s1. The summed E-state index contributed by atoms with van der Waals surface area (Å²) in [4.78, 5) is 55.4. The summed E-state index contributed by atoms with van der Waals surface area (Å²) in [6.07, 6.45) is -8.86. The van der Waals surface area contributed by atoms with Gasteiger partial charge in [0.2, 0.25) is 0 Å². The van der Waals surface area contributed by atoms with Gasteiger partial charge in [-0.3, -0.25) is 9.59 Å². The second kappa shape index (κ2) is 15.8. The van der Waals surface area contributed by atoms with Crippen molar-refractivity contribution < 1.29 is 62.9 Å². The molecule has 0 spiro atoms. The van der Waals surface area contributed by atoms with E-state index in [0.717, 1.165) is 0 Å². The number of carbonyl (C=O) groups is 4. The van der Waals surface area contributed by atoms with E-state index in [0.29, 0.717) is 28.7 Å². The maximum Gasteiger partial charge on any atom is 0.408 e. The molecule has 2 aromatic carbocycles. The molecule has 3 aliphatic carbocycles. The number of amides is 1. The predicted molar refractivity (Wildman–Crippen MR) is 208 cm³/mol. The van der Waals surface area contributed by atoms with E-state index in [4.69, 9.17) is 28.4 Å². The average molecular weight is 808 g/mol. The van der Waals surface area contributed by atoms with Gasteiger partial charge in [0.05, 0.1) is 18.8 Å². The summed E-state index contributed by atoms with van der Waals surface area (Å²) < 4.78 is 36.4. The first-order valence-corrected chi connectivity index (χ1v) is 19.7. The summed E-state index contributed by atoms with van der Waals surface area (Å²) in [5, 5.41) is 39.7. The third-order valence-corrected chi connectivity index (χ3v) is 12.8. The van der Waals surface area contributed by atoms with Gasteiger partial charge in [0.1, 0.15) is 29.5 Å². The Hall–Kier alpha value is -4.18. The van der Waals surface area contributed by atoms with Crippen molar-refractivity contribution in [1.82, 2.24) is 5.32 Å². The minimum Gasteiger partial charge on any atom is -0.456 e. The molecule has 1 unspecified atom stereocenters. The lowest BCUT2D eigenvalue weighted by atomic mass is 9.45. The van der Waals surface area contributed by atoms with Crippen molar-refractivity contribution in [2.45, 2.75) is 134 Å². The van der Waals surface area contributed by atoms with E-state index in [-0.39, 0.29) is 25.2 Å². The zero-order chi connectivity index (χ0) is 42.6. The molecule has 14 nitrogen and oxygen atoms in total. The fraction of sp³-hybridized carbons (Fsp3) is 0.591. The molecule has 0 radical (unpaired) electrons. The van der Waals surface area contributed by atoms with E-state index in [1.54, 1.807) is 109 Å². The number of fused-ring (bicyclic) bond motifs is 5. The van der Waals surface area contributed by atoms with Gasteiger partial charge in [-0.05, 0) is 57.2 Å². The number of aliphatic hydroxyl groups excluding tert-OH is 2. The number of ether oxygens (including phenoxy) is 6. The van der Waals surface area contributed by atoms with Crippen LogP contribution >= 0.6 is 0 Å². The number of esters is 2. The van der Waals surface area contributed by atoms with Crippen molar-refractivity contribution in [3.8, 4) is 0 Å². The van der Waals surface area contributed by atoms with E-state index in [9.17, 15) is 29.7 Å². The first-order chi connectivity index (χ1) is 27.1. The summed E-state index contributed by atoms with van der Waals surface area (Å²) in [7, 11) is 1.39. The summed E-state index contributed by atoms with van der Waals surface area (Å²) in [5.41, 5.74) is -5.66. The number of hydrogen-bond donors (Lipinski definition) is 4. The fourth-order valence-electron chi connectivity index (χ4n) is 9.87. The minimum atomic E-state index is -2.09. The molecule has 3 fully saturated rings. The highest BCUT2D eigenvalue weighted by Crippen LogP contribution is 2.64. The molecule has 11 atom stereocenters. The largest absolute Gasteiger partial charge is 0.456 e. The van der Waals surface area contributed by atoms with Crippen LogP contribution in [0.1, 0.15) is 98.1 Å². The van der Waals surface area contributed by atoms with Crippen LogP contribution in [0, 0.1) is 16.7 Å². The molecule has 1 saturated heterocycles. The van der Waals surface area contributed by atoms with Gasteiger partial charge < -0.3 is 49.1 Å². The number of alkyl carbamates (subject to hydrolysis) is 1. The van der Waals surface area contributed by atoms with Crippen LogP contribution in [0.2, 0.25) is 0 Å². The minimum absolute atomic E-state index is 0.0991. The van der Waals surface area contributed by atoms with Gasteiger partial charge in [-0.2, -0.15) is 0 Å². The smallest absolute Gasteiger partial charge is 0.408 e. The summed E-state index contributed by atoms with van der Waals surface area (Å²) >= 11 is 0. The van der Waals surface area contributed by atoms with Crippen LogP contribution in [-0.4, -0.2) is 100 Å². The molecule has 1 aliphatic heterocycles. The zero-order valence-electron chi connectivity index (χ0n) is 34.6. The van der Waals surface area contributed by atoms with Crippen LogP contribution in [0.3, 0.4) is 0 Å². The van der Waals surface area contributed by atoms with Crippen LogP contribution in [0.25, 0.3) is 0 Å². The summed E-state index contributed by atoms with van der Waals surface area (Å²) in [6.45, 7) is 13.1. The van der Waals surface area contributed by atoms with Crippen LogP contribution < -0.4 is 5.32 Å².